The van der Waals surface area contributed by atoms with Crippen LogP contribution < -0.4 is 5.32 Å². The third-order valence-electron chi connectivity index (χ3n) is 4.01. The average molecular weight is 352 g/mol. The van der Waals surface area contributed by atoms with Crippen LogP contribution in [0.15, 0.2) is 18.2 Å². The van der Waals surface area contributed by atoms with Gasteiger partial charge in [-0.15, -0.1) is 12.4 Å². The Kier molecular flexibility index (Phi) is 6.79. The quantitative estimate of drug-likeness (QED) is 0.892. The second-order valence-corrected chi connectivity index (χ2v) is 6.19. The summed E-state index contributed by atoms with van der Waals surface area (Å²) < 4.78 is 0. The highest BCUT2D eigenvalue weighted by Crippen LogP contribution is 2.27. The molecule has 0 aliphatic carbocycles. The van der Waals surface area contributed by atoms with Crippen LogP contribution in [-0.4, -0.2) is 29.9 Å². The van der Waals surface area contributed by atoms with E-state index in [1.807, 2.05) is 19.2 Å². The highest BCUT2D eigenvalue weighted by Gasteiger charge is 2.40. The van der Waals surface area contributed by atoms with Gasteiger partial charge >= 0.3 is 0 Å². The largest absolute Gasteiger partial charge is 0.340 e. The number of benzene rings is 1. The van der Waals surface area contributed by atoms with Crippen LogP contribution in [0.1, 0.15) is 31.7 Å². The molecular weight excluding hydrogens is 331 g/mol. The molecule has 0 radical (unpaired) electrons. The molecular formula is C15H21Cl3N2O. The minimum atomic E-state index is -0.384. The van der Waals surface area contributed by atoms with E-state index in [2.05, 4.69) is 12.2 Å². The molecule has 3 nitrogen and oxygen atoms in total. The standard InChI is InChI=1S/C15H20Cl2N2O.ClH/c1-3-15(7-4-8-18-15)14(20)19(2)10-11-5-6-12(16)13(17)9-11;/h5-6,9,18H,3-4,7-8,10H2,1-2H3;1H. The number of hydrogen-bond acceptors (Lipinski definition) is 2. The number of rotatable bonds is 4. The maximum atomic E-state index is 12.7. The third-order valence-corrected chi connectivity index (χ3v) is 4.75. The molecule has 1 N–H and O–H groups in total. The summed E-state index contributed by atoms with van der Waals surface area (Å²) in [6.07, 6.45) is 2.78. The third kappa shape index (κ3) is 4.04. The first-order valence-electron chi connectivity index (χ1n) is 6.93. The molecule has 0 spiro atoms. The molecule has 1 saturated heterocycles. The maximum absolute atomic E-state index is 12.7. The van der Waals surface area contributed by atoms with Crippen LogP contribution in [0.5, 0.6) is 0 Å². The van der Waals surface area contributed by atoms with Crippen molar-refractivity contribution in [2.24, 2.45) is 0 Å². The van der Waals surface area contributed by atoms with Crippen LogP contribution in [-0.2, 0) is 11.3 Å². The van der Waals surface area contributed by atoms with Gasteiger partial charge in [-0.05, 0) is 43.5 Å². The fourth-order valence-electron chi connectivity index (χ4n) is 2.79. The zero-order valence-corrected chi connectivity index (χ0v) is 14.6. The Labute approximate surface area is 142 Å². The molecule has 0 saturated carbocycles. The lowest BCUT2D eigenvalue weighted by Crippen LogP contribution is -2.53. The molecule has 0 aromatic heterocycles. The summed E-state index contributed by atoms with van der Waals surface area (Å²) in [5, 5.41) is 4.42. The van der Waals surface area contributed by atoms with Crippen LogP contribution in [0.4, 0.5) is 0 Å². The first kappa shape index (κ1) is 18.6. The SMILES string of the molecule is CCC1(C(=O)N(C)Cc2ccc(Cl)c(Cl)c2)CCCN1.Cl. The molecule has 1 amide bonds. The lowest BCUT2D eigenvalue weighted by molar-refractivity contribution is -0.137. The summed E-state index contributed by atoms with van der Waals surface area (Å²) in [7, 11) is 1.84. The second-order valence-electron chi connectivity index (χ2n) is 5.38. The molecule has 1 unspecified atom stereocenters. The normalized spacial score (nSPS) is 21.0. The van der Waals surface area contributed by atoms with Gasteiger partial charge in [-0.1, -0.05) is 36.2 Å². The summed E-state index contributed by atoms with van der Waals surface area (Å²) in [6.45, 7) is 3.52. The van der Waals surface area contributed by atoms with Crippen LogP contribution in [0, 0.1) is 0 Å². The fraction of sp³-hybridized carbons (Fsp3) is 0.533. The van der Waals surface area contributed by atoms with Crippen molar-refractivity contribution in [1.82, 2.24) is 10.2 Å². The van der Waals surface area contributed by atoms with Gasteiger partial charge in [0.1, 0.15) is 0 Å². The number of nitrogens with one attached hydrogen (secondary N) is 1. The maximum Gasteiger partial charge on any atom is 0.242 e. The number of amides is 1. The zero-order valence-electron chi connectivity index (χ0n) is 12.3. The number of carbonyl (C=O) groups is 1. The summed E-state index contributed by atoms with van der Waals surface area (Å²) in [6, 6.07) is 5.48. The van der Waals surface area contributed by atoms with E-state index in [9.17, 15) is 4.79 Å². The summed E-state index contributed by atoms with van der Waals surface area (Å²) in [5.74, 6) is 0.156. The van der Waals surface area contributed by atoms with Crippen molar-refractivity contribution in [2.75, 3.05) is 13.6 Å². The van der Waals surface area contributed by atoms with Gasteiger partial charge in [0.2, 0.25) is 5.91 Å². The van der Waals surface area contributed by atoms with Gasteiger partial charge in [0, 0.05) is 13.6 Å². The Morgan fingerprint density at radius 1 is 1.38 bits per heavy atom. The molecule has 21 heavy (non-hydrogen) atoms. The van der Waals surface area contributed by atoms with E-state index in [4.69, 9.17) is 23.2 Å². The van der Waals surface area contributed by atoms with E-state index in [1.54, 1.807) is 11.0 Å². The molecule has 1 aromatic carbocycles. The van der Waals surface area contributed by atoms with Crippen molar-refractivity contribution < 1.29 is 4.79 Å². The smallest absolute Gasteiger partial charge is 0.242 e. The topological polar surface area (TPSA) is 32.3 Å². The molecule has 2 rings (SSSR count). The van der Waals surface area contributed by atoms with E-state index < -0.39 is 0 Å². The number of nitrogens with zero attached hydrogens (tertiary/aromatic N) is 1. The molecule has 1 atom stereocenters. The first-order valence-corrected chi connectivity index (χ1v) is 7.68. The summed E-state index contributed by atoms with van der Waals surface area (Å²) in [5.41, 5.74) is 0.602. The van der Waals surface area contributed by atoms with Gasteiger partial charge in [0.15, 0.2) is 0 Å². The summed E-state index contributed by atoms with van der Waals surface area (Å²) in [4.78, 5) is 14.4. The lowest BCUT2D eigenvalue weighted by Gasteiger charge is -2.32. The van der Waals surface area contributed by atoms with Gasteiger partial charge in [-0.25, -0.2) is 0 Å². The van der Waals surface area contributed by atoms with Gasteiger partial charge in [0.05, 0.1) is 15.6 Å². The molecule has 0 bridgehead atoms. The van der Waals surface area contributed by atoms with Crippen molar-refractivity contribution in [3.8, 4) is 0 Å². The Hall–Kier alpha value is -0.480. The van der Waals surface area contributed by atoms with E-state index in [1.165, 1.54) is 0 Å². The van der Waals surface area contributed by atoms with Gasteiger partial charge in [0.25, 0.3) is 0 Å². The monoisotopic (exact) mass is 350 g/mol. The molecule has 6 heteroatoms. The highest BCUT2D eigenvalue weighted by atomic mass is 35.5. The van der Waals surface area contributed by atoms with Crippen LogP contribution in [0.2, 0.25) is 10.0 Å². The van der Waals surface area contributed by atoms with E-state index in [-0.39, 0.29) is 23.9 Å². The average Bonchev–Trinajstić information content (AvgIpc) is 2.92. The molecule has 1 aliphatic heterocycles. The van der Waals surface area contributed by atoms with E-state index in [0.717, 1.165) is 31.4 Å². The minimum absolute atomic E-state index is 0. The predicted octanol–water partition coefficient (Wildman–Crippen LogP) is 3.91. The molecule has 1 aliphatic rings. The minimum Gasteiger partial charge on any atom is -0.340 e. The van der Waals surface area contributed by atoms with Gasteiger partial charge in [-0.3, -0.25) is 4.79 Å². The molecule has 1 heterocycles. The van der Waals surface area contributed by atoms with Crippen molar-refractivity contribution in [2.45, 2.75) is 38.3 Å². The lowest BCUT2D eigenvalue weighted by atomic mass is 9.92. The van der Waals surface area contributed by atoms with Gasteiger partial charge in [-0.2, -0.15) is 0 Å². The van der Waals surface area contributed by atoms with Crippen molar-refractivity contribution in [3.05, 3.63) is 33.8 Å². The molecule has 1 fully saturated rings. The highest BCUT2D eigenvalue weighted by molar-refractivity contribution is 6.42. The number of halogens is 3. The van der Waals surface area contributed by atoms with E-state index >= 15 is 0 Å². The first-order chi connectivity index (χ1) is 9.48. The van der Waals surface area contributed by atoms with E-state index in [0.29, 0.717) is 16.6 Å². The van der Waals surface area contributed by atoms with Gasteiger partial charge < -0.3 is 10.2 Å². The fourth-order valence-corrected chi connectivity index (χ4v) is 3.11. The Balaban J connectivity index is 0.00000220. The predicted molar refractivity (Wildman–Crippen MR) is 90.4 cm³/mol. The zero-order chi connectivity index (χ0) is 14.8. The van der Waals surface area contributed by atoms with Crippen molar-refractivity contribution in [3.63, 3.8) is 0 Å². The Bertz CT molecular complexity index is 502. The number of hydrogen-bond donors (Lipinski definition) is 1. The van der Waals surface area contributed by atoms with Crippen LogP contribution >= 0.6 is 35.6 Å². The number of carbonyl (C=O) groups excluding carboxylic acids is 1. The molecule has 118 valence electrons. The van der Waals surface area contributed by atoms with Crippen molar-refractivity contribution in [1.29, 1.82) is 0 Å². The Morgan fingerprint density at radius 2 is 2.10 bits per heavy atom. The van der Waals surface area contributed by atoms with Crippen LogP contribution in [0.3, 0.4) is 0 Å². The molecule has 1 aromatic rings. The van der Waals surface area contributed by atoms with Crippen molar-refractivity contribution >= 4 is 41.5 Å². The summed E-state index contributed by atoms with van der Waals surface area (Å²) >= 11 is 11.9. The number of likely N-dealkylation sites (N-methyl/N-ethyl adjacent to an activating group) is 1. The second kappa shape index (κ2) is 7.68. The Morgan fingerprint density at radius 3 is 2.62 bits per heavy atom. The van der Waals surface area contributed by atoms with Crippen LogP contribution in [0.25, 0.3) is 0 Å².